The number of hydrogen-bond acceptors (Lipinski definition) is 3. The second-order valence-corrected chi connectivity index (χ2v) is 7.03. The molecule has 1 fully saturated rings. The highest BCUT2D eigenvalue weighted by Crippen LogP contribution is 2.27. The largest absolute Gasteiger partial charge is 0.321 e. The van der Waals surface area contributed by atoms with Gasteiger partial charge in [0.2, 0.25) is 5.91 Å². The maximum atomic E-state index is 12.3. The molecule has 6 heteroatoms. The van der Waals surface area contributed by atoms with Crippen LogP contribution in [0.25, 0.3) is 0 Å². The molecule has 1 atom stereocenters. The van der Waals surface area contributed by atoms with Gasteiger partial charge in [-0.05, 0) is 56.0 Å². The van der Waals surface area contributed by atoms with Crippen LogP contribution in [0.1, 0.15) is 49.8 Å². The van der Waals surface area contributed by atoms with Crippen molar-refractivity contribution in [2.45, 2.75) is 46.1 Å². The number of anilines is 2. The van der Waals surface area contributed by atoms with Gasteiger partial charge in [-0.25, -0.2) is 0 Å². The Balaban J connectivity index is 1.66. The van der Waals surface area contributed by atoms with Crippen molar-refractivity contribution in [3.05, 3.63) is 41.7 Å². The van der Waals surface area contributed by atoms with Gasteiger partial charge in [0, 0.05) is 29.5 Å². The lowest BCUT2D eigenvalue weighted by atomic mass is 10.1. The average Bonchev–Trinajstić information content (AvgIpc) is 3.15. The molecule has 6 nitrogen and oxygen atoms in total. The first kappa shape index (κ1) is 17.2. The maximum Gasteiger partial charge on any atom is 0.276 e. The fourth-order valence-corrected chi connectivity index (χ4v) is 3.15. The number of carbonyl (C=O) groups is 2. The van der Waals surface area contributed by atoms with Crippen LogP contribution in [0.5, 0.6) is 0 Å². The third-order valence-electron chi connectivity index (χ3n) is 4.38. The number of rotatable bonds is 5. The summed E-state index contributed by atoms with van der Waals surface area (Å²) in [5, 5.41) is 9.82. The number of benzene rings is 1. The molecular formula is C19H24N4O2. The molecule has 2 heterocycles. The molecule has 0 saturated carbocycles. The summed E-state index contributed by atoms with van der Waals surface area (Å²) in [5.41, 5.74) is 2.88. The van der Waals surface area contributed by atoms with Crippen molar-refractivity contribution in [3.63, 3.8) is 0 Å². The molecule has 0 aliphatic carbocycles. The molecule has 0 spiro atoms. The highest BCUT2D eigenvalue weighted by molar-refractivity contribution is 6.03. The zero-order valence-electron chi connectivity index (χ0n) is 14.9. The van der Waals surface area contributed by atoms with Crippen molar-refractivity contribution in [1.82, 2.24) is 10.2 Å². The van der Waals surface area contributed by atoms with Gasteiger partial charge in [-0.15, -0.1) is 0 Å². The highest BCUT2D eigenvalue weighted by atomic mass is 16.2. The molecule has 2 N–H and O–H groups in total. The molecule has 0 radical (unpaired) electrons. The monoisotopic (exact) mass is 340 g/mol. The van der Waals surface area contributed by atoms with Crippen LogP contribution in [-0.2, 0) is 11.2 Å². The summed E-state index contributed by atoms with van der Waals surface area (Å²) in [6.45, 7) is 6.29. The van der Waals surface area contributed by atoms with Crippen molar-refractivity contribution < 1.29 is 9.59 Å². The Morgan fingerprint density at radius 1 is 1.36 bits per heavy atom. The van der Waals surface area contributed by atoms with Crippen LogP contribution in [0, 0.1) is 5.92 Å². The molecule has 1 aliphatic heterocycles. The van der Waals surface area contributed by atoms with Crippen LogP contribution in [0.15, 0.2) is 30.3 Å². The summed E-state index contributed by atoms with van der Waals surface area (Å²) < 4.78 is 0. The molecule has 0 bridgehead atoms. The second-order valence-electron chi connectivity index (χ2n) is 7.03. The fourth-order valence-electron chi connectivity index (χ4n) is 3.15. The van der Waals surface area contributed by atoms with E-state index in [9.17, 15) is 9.59 Å². The van der Waals surface area contributed by atoms with Crippen molar-refractivity contribution in [3.8, 4) is 0 Å². The molecule has 2 amide bonds. The molecule has 1 aromatic carbocycles. The van der Waals surface area contributed by atoms with Crippen molar-refractivity contribution in [1.29, 1.82) is 0 Å². The fraction of sp³-hybridized carbons (Fsp3) is 0.421. The zero-order valence-corrected chi connectivity index (χ0v) is 14.9. The SMILES string of the molecule is CC(C)Cc1cc(C(=O)Nc2ccc(N3C(=O)CCC3C)cc2)n[nH]1. The van der Waals surface area contributed by atoms with E-state index in [-0.39, 0.29) is 17.9 Å². The van der Waals surface area contributed by atoms with Crippen LogP contribution in [0.4, 0.5) is 11.4 Å². The van der Waals surface area contributed by atoms with Gasteiger partial charge in [0.05, 0.1) is 0 Å². The third kappa shape index (κ3) is 3.90. The van der Waals surface area contributed by atoms with Gasteiger partial charge in [0.25, 0.3) is 5.91 Å². The van der Waals surface area contributed by atoms with E-state index >= 15 is 0 Å². The van der Waals surface area contributed by atoms with E-state index in [0.717, 1.165) is 24.2 Å². The second kappa shape index (κ2) is 7.09. The van der Waals surface area contributed by atoms with Gasteiger partial charge in [0.15, 0.2) is 5.69 Å². The quantitative estimate of drug-likeness (QED) is 0.876. The van der Waals surface area contributed by atoms with Gasteiger partial charge in [-0.2, -0.15) is 5.10 Å². The first-order valence-corrected chi connectivity index (χ1v) is 8.72. The number of hydrogen-bond donors (Lipinski definition) is 2. The Kier molecular flexibility index (Phi) is 4.88. The Labute approximate surface area is 147 Å². The number of carbonyl (C=O) groups excluding carboxylic acids is 2. The van der Waals surface area contributed by atoms with Gasteiger partial charge < -0.3 is 10.2 Å². The molecule has 1 aromatic heterocycles. The predicted molar refractivity (Wildman–Crippen MR) is 97.7 cm³/mol. The molecule has 3 rings (SSSR count). The molecule has 132 valence electrons. The molecule has 1 aliphatic rings. The summed E-state index contributed by atoms with van der Waals surface area (Å²) >= 11 is 0. The average molecular weight is 340 g/mol. The molecule has 1 unspecified atom stereocenters. The lowest BCUT2D eigenvalue weighted by Crippen LogP contribution is -2.30. The molecule has 1 saturated heterocycles. The standard InChI is InChI=1S/C19H24N4O2/c1-12(2)10-15-11-17(22-21-15)19(25)20-14-5-7-16(8-6-14)23-13(3)4-9-18(23)24/h5-8,11-13H,4,9-10H2,1-3H3,(H,20,25)(H,21,22). The summed E-state index contributed by atoms with van der Waals surface area (Å²) in [6.07, 6.45) is 2.34. The van der Waals surface area contributed by atoms with E-state index in [4.69, 9.17) is 0 Å². The van der Waals surface area contributed by atoms with Gasteiger partial charge in [-0.3, -0.25) is 14.7 Å². The summed E-state index contributed by atoms with van der Waals surface area (Å²) in [6, 6.07) is 9.36. The van der Waals surface area contributed by atoms with Gasteiger partial charge in [-0.1, -0.05) is 13.8 Å². The minimum atomic E-state index is -0.246. The number of nitrogens with one attached hydrogen (secondary N) is 2. The Bertz CT molecular complexity index is 764. The lowest BCUT2D eigenvalue weighted by molar-refractivity contribution is -0.117. The summed E-state index contributed by atoms with van der Waals surface area (Å²) in [5.74, 6) is 0.405. The van der Waals surface area contributed by atoms with Crippen LogP contribution >= 0.6 is 0 Å². The van der Waals surface area contributed by atoms with E-state index in [1.807, 2.05) is 36.1 Å². The number of amides is 2. The first-order chi connectivity index (χ1) is 11.9. The maximum absolute atomic E-state index is 12.3. The first-order valence-electron chi connectivity index (χ1n) is 8.72. The minimum Gasteiger partial charge on any atom is -0.321 e. The van der Waals surface area contributed by atoms with Crippen LogP contribution in [0.3, 0.4) is 0 Å². The number of nitrogens with zero attached hydrogens (tertiary/aromatic N) is 2. The zero-order chi connectivity index (χ0) is 18.0. The van der Waals surface area contributed by atoms with Crippen molar-refractivity contribution in [2.75, 3.05) is 10.2 Å². The van der Waals surface area contributed by atoms with E-state index in [2.05, 4.69) is 29.4 Å². The predicted octanol–water partition coefficient (Wildman–Crippen LogP) is 3.38. The molecular weight excluding hydrogens is 316 g/mol. The minimum absolute atomic E-state index is 0.151. The smallest absolute Gasteiger partial charge is 0.276 e. The topological polar surface area (TPSA) is 78.1 Å². The molecule has 2 aromatic rings. The number of aromatic amines is 1. The summed E-state index contributed by atoms with van der Waals surface area (Å²) in [7, 11) is 0. The Hall–Kier alpha value is -2.63. The van der Waals surface area contributed by atoms with Crippen molar-refractivity contribution >= 4 is 23.2 Å². The van der Waals surface area contributed by atoms with Crippen molar-refractivity contribution in [2.24, 2.45) is 5.92 Å². The molecule has 25 heavy (non-hydrogen) atoms. The van der Waals surface area contributed by atoms with E-state index in [0.29, 0.717) is 23.7 Å². The van der Waals surface area contributed by atoms with E-state index in [1.54, 1.807) is 6.07 Å². The van der Waals surface area contributed by atoms with Gasteiger partial charge >= 0.3 is 0 Å². The Morgan fingerprint density at radius 3 is 2.68 bits per heavy atom. The van der Waals surface area contributed by atoms with E-state index < -0.39 is 0 Å². The Morgan fingerprint density at radius 2 is 2.08 bits per heavy atom. The van der Waals surface area contributed by atoms with Crippen LogP contribution < -0.4 is 10.2 Å². The van der Waals surface area contributed by atoms with Gasteiger partial charge in [0.1, 0.15) is 0 Å². The lowest BCUT2D eigenvalue weighted by Gasteiger charge is -2.21. The van der Waals surface area contributed by atoms with Crippen LogP contribution in [-0.4, -0.2) is 28.1 Å². The highest BCUT2D eigenvalue weighted by Gasteiger charge is 2.28. The number of H-pyrrole nitrogens is 1. The summed E-state index contributed by atoms with van der Waals surface area (Å²) in [4.78, 5) is 26.1. The van der Waals surface area contributed by atoms with Crippen LogP contribution in [0.2, 0.25) is 0 Å². The number of aromatic nitrogens is 2. The normalized spacial score (nSPS) is 17.4. The third-order valence-corrected chi connectivity index (χ3v) is 4.38. The van der Waals surface area contributed by atoms with E-state index in [1.165, 1.54) is 0 Å².